The van der Waals surface area contributed by atoms with Crippen molar-refractivity contribution in [3.05, 3.63) is 34.6 Å². The highest BCUT2D eigenvalue weighted by Gasteiger charge is 2.27. The van der Waals surface area contributed by atoms with Gasteiger partial charge in [0.1, 0.15) is 5.82 Å². The third-order valence-corrected chi connectivity index (χ3v) is 3.68. The first-order valence-corrected chi connectivity index (χ1v) is 6.71. The Bertz CT molecular complexity index is 390. The van der Waals surface area contributed by atoms with Crippen molar-refractivity contribution < 1.29 is 9.13 Å². The first-order chi connectivity index (χ1) is 8.63. The molecule has 1 aromatic rings. The number of hydrogen-bond donors (Lipinski definition) is 1. The van der Waals surface area contributed by atoms with Crippen molar-refractivity contribution in [2.45, 2.75) is 33.2 Å². The molecule has 3 heteroatoms. The van der Waals surface area contributed by atoms with E-state index in [2.05, 4.69) is 12.2 Å². The third kappa shape index (κ3) is 2.73. The van der Waals surface area contributed by atoms with Crippen LogP contribution in [0.5, 0.6) is 0 Å². The molecule has 0 aliphatic carbocycles. The Hall–Kier alpha value is -0.930. The molecule has 1 aromatic carbocycles. The molecule has 100 valence electrons. The van der Waals surface area contributed by atoms with Gasteiger partial charge in [-0.3, -0.25) is 0 Å². The normalized spacial score (nSPS) is 21.2. The Morgan fingerprint density at radius 1 is 1.39 bits per heavy atom. The van der Waals surface area contributed by atoms with E-state index >= 15 is 0 Å². The van der Waals surface area contributed by atoms with Gasteiger partial charge in [-0.1, -0.05) is 19.1 Å². The van der Waals surface area contributed by atoms with E-state index in [9.17, 15) is 4.39 Å². The quantitative estimate of drug-likeness (QED) is 0.887. The topological polar surface area (TPSA) is 21.3 Å². The van der Waals surface area contributed by atoms with Gasteiger partial charge < -0.3 is 10.1 Å². The molecule has 1 fully saturated rings. The standard InChI is InChI=1S/C15H22FNO/c1-4-17-15(12-5-6-18-9-12)13-7-10(2)14(16)11(3)8-13/h7-8,12,15,17H,4-6,9H2,1-3H3. The Labute approximate surface area is 109 Å². The summed E-state index contributed by atoms with van der Waals surface area (Å²) in [6.45, 7) is 8.32. The third-order valence-electron chi connectivity index (χ3n) is 3.68. The molecule has 0 saturated carbocycles. The molecule has 0 bridgehead atoms. The molecule has 0 spiro atoms. The molecule has 1 heterocycles. The summed E-state index contributed by atoms with van der Waals surface area (Å²) >= 11 is 0. The van der Waals surface area contributed by atoms with Crippen molar-refractivity contribution in [1.29, 1.82) is 0 Å². The second-order valence-corrected chi connectivity index (χ2v) is 5.13. The number of rotatable bonds is 4. The van der Waals surface area contributed by atoms with Gasteiger partial charge in [0.15, 0.2) is 0 Å². The summed E-state index contributed by atoms with van der Waals surface area (Å²) in [5.74, 6) is 0.408. The SMILES string of the molecule is CCNC(c1cc(C)c(F)c(C)c1)C1CCOC1. The Morgan fingerprint density at radius 2 is 2.06 bits per heavy atom. The van der Waals surface area contributed by atoms with Gasteiger partial charge in [-0.05, 0) is 43.5 Å². The monoisotopic (exact) mass is 251 g/mol. The lowest BCUT2D eigenvalue weighted by Crippen LogP contribution is -2.28. The van der Waals surface area contributed by atoms with E-state index in [1.165, 1.54) is 5.56 Å². The van der Waals surface area contributed by atoms with Crippen molar-refractivity contribution in [3.63, 3.8) is 0 Å². The second-order valence-electron chi connectivity index (χ2n) is 5.13. The Balaban J connectivity index is 2.29. The highest BCUT2D eigenvalue weighted by molar-refractivity contribution is 5.32. The largest absolute Gasteiger partial charge is 0.381 e. The van der Waals surface area contributed by atoms with E-state index in [0.29, 0.717) is 5.92 Å². The van der Waals surface area contributed by atoms with Crippen LogP contribution in [-0.2, 0) is 4.74 Å². The molecule has 0 amide bonds. The zero-order chi connectivity index (χ0) is 13.1. The van der Waals surface area contributed by atoms with Gasteiger partial charge in [-0.2, -0.15) is 0 Å². The minimum atomic E-state index is -0.0864. The van der Waals surface area contributed by atoms with Crippen LogP contribution in [-0.4, -0.2) is 19.8 Å². The van der Waals surface area contributed by atoms with Crippen LogP contribution in [0.15, 0.2) is 12.1 Å². The molecule has 0 aromatic heterocycles. The van der Waals surface area contributed by atoms with E-state index in [-0.39, 0.29) is 11.9 Å². The first-order valence-electron chi connectivity index (χ1n) is 6.71. The summed E-state index contributed by atoms with van der Waals surface area (Å²) < 4.78 is 19.2. The van der Waals surface area contributed by atoms with Crippen LogP contribution in [0, 0.1) is 25.6 Å². The molecular weight excluding hydrogens is 229 g/mol. The molecule has 18 heavy (non-hydrogen) atoms. The zero-order valence-electron chi connectivity index (χ0n) is 11.4. The summed E-state index contributed by atoms with van der Waals surface area (Å²) in [4.78, 5) is 0. The molecule has 2 nitrogen and oxygen atoms in total. The zero-order valence-corrected chi connectivity index (χ0v) is 11.4. The van der Waals surface area contributed by atoms with E-state index in [1.807, 2.05) is 26.0 Å². The smallest absolute Gasteiger partial charge is 0.129 e. The second kappa shape index (κ2) is 5.81. The number of hydrogen-bond acceptors (Lipinski definition) is 2. The molecule has 1 N–H and O–H groups in total. The number of ether oxygens (including phenoxy) is 1. The fourth-order valence-corrected chi connectivity index (χ4v) is 2.75. The number of benzene rings is 1. The predicted octanol–water partition coefficient (Wildman–Crippen LogP) is 3.13. The lowest BCUT2D eigenvalue weighted by atomic mass is 9.90. The lowest BCUT2D eigenvalue weighted by molar-refractivity contribution is 0.177. The van der Waals surface area contributed by atoms with Gasteiger partial charge in [0, 0.05) is 18.6 Å². The van der Waals surface area contributed by atoms with Crippen LogP contribution in [0.25, 0.3) is 0 Å². The molecule has 2 unspecified atom stereocenters. The summed E-state index contributed by atoms with van der Waals surface area (Å²) in [5, 5.41) is 3.51. The molecule has 0 radical (unpaired) electrons. The van der Waals surface area contributed by atoms with Gasteiger partial charge in [0.25, 0.3) is 0 Å². The van der Waals surface area contributed by atoms with Crippen molar-refractivity contribution in [2.75, 3.05) is 19.8 Å². The van der Waals surface area contributed by atoms with E-state index in [4.69, 9.17) is 4.74 Å². The van der Waals surface area contributed by atoms with Gasteiger partial charge in [-0.25, -0.2) is 4.39 Å². The van der Waals surface area contributed by atoms with Crippen LogP contribution < -0.4 is 5.32 Å². The average molecular weight is 251 g/mol. The average Bonchev–Trinajstić information content (AvgIpc) is 2.86. The first kappa shape index (κ1) is 13.5. The van der Waals surface area contributed by atoms with E-state index < -0.39 is 0 Å². The minimum Gasteiger partial charge on any atom is -0.381 e. The van der Waals surface area contributed by atoms with E-state index in [0.717, 1.165) is 37.3 Å². The molecule has 1 aliphatic rings. The molecule has 2 atom stereocenters. The Morgan fingerprint density at radius 3 is 2.56 bits per heavy atom. The van der Waals surface area contributed by atoms with Gasteiger partial charge in [0.2, 0.25) is 0 Å². The molecule has 1 saturated heterocycles. The predicted molar refractivity (Wildman–Crippen MR) is 71.2 cm³/mol. The van der Waals surface area contributed by atoms with Crippen LogP contribution in [0.4, 0.5) is 4.39 Å². The summed E-state index contributed by atoms with van der Waals surface area (Å²) in [6.07, 6.45) is 1.08. The fourth-order valence-electron chi connectivity index (χ4n) is 2.75. The van der Waals surface area contributed by atoms with Crippen molar-refractivity contribution >= 4 is 0 Å². The molecule has 2 rings (SSSR count). The Kier molecular flexibility index (Phi) is 4.36. The maximum atomic E-state index is 13.7. The maximum Gasteiger partial charge on any atom is 0.129 e. The minimum absolute atomic E-state index is 0.0864. The van der Waals surface area contributed by atoms with Crippen LogP contribution >= 0.6 is 0 Å². The summed E-state index contributed by atoms with van der Waals surface area (Å²) in [7, 11) is 0. The molecule has 1 aliphatic heterocycles. The van der Waals surface area contributed by atoms with Gasteiger partial charge in [0.05, 0.1) is 6.61 Å². The fraction of sp³-hybridized carbons (Fsp3) is 0.600. The lowest BCUT2D eigenvalue weighted by Gasteiger charge is -2.24. The summed E-state index contributed by atoms with van der Waals surface area (Å²) in [6, 6.07) is 4.21. The highest BCUT2D eigenvalue weighted by atomic mass is 19.1. The maximum absolute atomic E-state index is 13.7. The van der Waals surface area contributed by atoms with Crippen LogP contribution in [0.2, 0.25) is 0 Å². The number of aryl methyl sites for hydroxylation is 2. The summed E-state index contributed by atoms with van der Waals surface area (Å²) in [5.41, 5.74) is 2.64. The van der Waals surface area contributed by atoms with Gasteiger partial charge >= 0.3 is 0 Å². The molecular formula is C15H22FNO. The van der Waals surface area contributed by atoms with Crippen LogP contribution in [0.3, 0.4) is 0 Å². The number of halogens is 1. The van der Waals surface area contributed by atoms with E-state index in [1.54, 1.807) is 0 Å². The number of nitrogens with one attached hydrogen (secondary N) is 1. The van der Waals surface area contributed by atoms with Crippen molar-refractivity contribution in [1.82, 2.24) is 5.32 Å². The highest BCUT2D eigenvalue weighted by Crippen LogP contribution is 2.30. The van der Waals surface area contributed by atoms with Crippen molar-refractivity contribution in [2.24, 2.45) is 5.92 Å². The van der Waals surface area contributed by atoms with Gasteiger partial charge in [-0.15, -0.1) is 0 Å². The van der Waals surface area contributed by atoms with Crippen LogP contribution in [0.1, 0.15) is 36.1 Å². The van der Waals surface area contributed by atoms with Crippen molar-refractivity contribution in [3.8, 4) is 0 Å².